The molecular formula is C11H9N3OS. The number of rotatable bonds is 2. The molecule has 2 rings (SSSR count). The first kappa shape index (κ1) is 10.7. The molecule has 0 saturated carbocycles. The lowest BCUT2D eigenvalue weighted by Gasteiger charge is -2.12. The number of thioether (sulfide) groups is 1. The first-order valence-electron chi connectivity index (χ1n) is 4.73. The van der Waals surface area contributed by atoms with Gasteiger partial charge in [-0.1, -0.05) is 18.2 Å². The predicted molar refractivity (Wildman–Crippen MR) is 64.0 cm³/mol. The molecule has 1 atom stereocenters. The van der Waals surface area contributed by atoms with Crippen LogP contribution in [0.2, 0.25) is 0 Å². The molecule has 0 fully saturated rings. The summed E-state index contributed by atoms with van der Waals surface area (Å²) >= 11 is 0.937. The third kappa shape index (κ3) is 1.79. The first-order valence-corrected chi connectivity index (χ1v) is 5.61. The highest BCUT2D eigenvalue weighted by Crippen LogP contribution is 2.26. The van der Waals surface area contributed by atoms with Gasteiger partial charge in [-0.25, -0.2) is 0 Å². The van der Waals surface area contributed by atoms with Gasteiger partial charge in [-0.15, -0.1) is 0 Å². The van der Waals surface area contributed by atoms with E-state index in [4.69, 9.17) is 5.26 Å². The third-order valence-electron chi connectivity index (χ3n) is 2.24. The maximum atomic E-state index is 11.9. The Labute approximate surface area is 97.6 Å². The van der Waals surface area contributed by atoms with Gasteiger partial charge in [0.2, 0.25) is 0 Å². The van der Waals surface area contributed by atoms with Crippen molar-refractivity contribution in [2.24, 2.45) is 5.10 Å². The molecule has 0 N–H and O–H groups in total. The van der Waals surface area contributed by atoms with Crippen molar-refractivity contribution in [2.75, 3.05) is 5.01 Å². The summed E-state index contributed by atoms with van der Waals surface area (Å²) in [6.07, 6.45) is 0. The normalized spacial score (nSPS) is 19.5. The fraction of sp³-hybridized carbons (Fsp3) is 0.182. The Morgan fingerprint density at radius 3 is 2.75 bits per heavy atom. The van der Waals surface area contributed by atoms with Crippen LogP contribution in [-0.2, 0) is 4.79 Å². The molecule has 4 nitrogen and oxygen atoms in total. The van der Waals surface area contributed by atoms with E-state index in [1.807, 2.05) is 35.7 Å². The number of para-hydroxylation sites is 1. The van der Waals surface area contributed by atoms with Gasteiger partial charge in [0.25, 0.3) is 5.91 Å². The zero-order valence-electron chi connectivity index (χ0n) is 8.62. The molecule has 0 radical (unpaired) electrons. The largest absolute Gasteiger partial charge is 0.271 e. The van der Waals surface area contributed by atoms with Gasteiger partial charge in [-0.2, -0.15) is 15.4 Å². The van der Waals surface area contributed by atoms with E-state index >= 15 is 0 Å². The van der Waals surface area contributed by atoms with Crippen LogP contribution in [-0.4, -0.2) is 16.9 Å². The molecule has 1 amide bonds. The van der Waals surface area contributed by atoms with Gasteiger partial charge in [0.1, 0.15) is 10.7 Å². The molecule has 1 heterocycles. The van der Waals surface area contributed by atoms with Crippen molar-refractivity contribution in [1.29, 1.82) is 5.26 Å². The van der Waals surface area contributed by atoms with Crippen LogP contribution >= 0.6 is 11.8 Å². The fourth-order valence-corrected chi connectivity index (χ4v) is 2.02. The van der Waals surface area contributed by atoms with Gasteiger partial charge in [-0.05, 0) is 30.8 Å². The lowest BCUT2D eigenvalue weighted by Crippen LogP contribution is -2.28. The van der Waals surface area contributed by atoms with Gasteiger partial charge in [-0.3, -0.25) is 4.79 Å². The standard InChI is InChI=1S/C11H9N3OS/c1-8-10(16-7-12)11(15)14(13-8)9-5-3-2-4-6-9/h2-6,10H,1H3/t10-/m0/s1. The zero-order valence-corrected chi connectivity index (χ0v) is 9.44. The number of hydrogen-bond acceptors (Lipinski definition) is 4. The highest BCUT2D eigenvalue weighted by molar-refractivity contribution is 8.05. The number of thiocyanates is 1. The lowest BCUT2D eigenvalue weighted by molar-refractivity contribution is -0.116. The van der Waals surface area contributed by atoms with Crippen LogP contribution in [0, 0.1) is 10.7 Å². The van der Waals surface area contributed by atoms with E-state index in [9.17, 15) is 4.79 Å². The van der Waals surface area contributed by atoms with Crippen molar-refractivity contribution in [2.45, 2.75) is 12.2 Å². The van der Waals surface area contributed by atoms with Crippen LogP contribution in [0.25, 0.3) is 0 Å². The molecule has 1 aliphatic rings. The van der Waals surface area contributed by atoms with E-state index in [0.29, 0.717) is 5.71 Å². The summed E-state index contributed by atoms with van der Waals surface area (Å²) in [7, 11) is 0. The van der Waals surface area contributed by atoms with Crippen LogP contribution in [0.4, 0.5) is 5.69 Å². The first-order chi connectivity index (χ1) is 7.74. The van der Waals surface area contributed by atoms with Gasteiger partial charge >= 0.3 is 0 Å². The summed E-state index contributed by atoms with van der Waals surface area (Å²) in [5.41, 5.74) is 1.40. The molecule has 16 heavy (non-hydrogen) atoms. The SMILES string of the molecule is CC1=NN(c2ccccc2)C(=O)[C@H]1SC#N. The molecular weight excluding hydrogens is 222 g/mol. The Balaban J connectivity index is 2.28. The molecule has 1 aromatic carbocycles. The molecule has 80 valence electrons. The molecule has 0 bridgehead atoms. The summed E-state index contributed by atoms with van der Waals surface area (Å²) in [6, 6.07) is 9.20. The van der Waals surface area contributed by atoms with Gasteiger partial charge < -0.3 is 0 Å². The van der Waals surface area contributed by atoms with E-state index in [1.54, 1.807) is 6.92 Å². The maximum Gasteiger partial charge on any atom is 0.267 e. The Hall–Kier alpha value is -1.80. The van der Waals surface area contributed by atoms with Crippen LogP contribution in [0.3, 0.4) is 0 Å². The van der Waals surface area contributed by atoms with Crippen molar-refractivity contribution in [1.82, 2.24) is 0 Å². The molecule has 1 aromatic rings. The van der Waals surface area contributed by atoms with Crippen molar-refractivity contribution >= 4 is 29.1 Å². The molecule has 0 spiro atoms. The lowest BCUT2D eigenvalue weighted by atomic mass is 10.3. The molecule has 5 heteroatoms. The monoisotopic (exact) mass is 231 g/mol. The Morgan fingerprint density at radius 1 is 1.44 bits per heavy atom. The highest BCUT2D eigenvalue weighted by atomic mass is 32.2. The van der Waals surface area contributed by atoms with Crippen molar-refractivity contribution in [3.63, 3.8) is 0 Å². The average Bonchev–Trinajstić information content (AvgIpc) is 2.59. The number of benzene rings is 1. The van der Waals surface area contributed by atoms with Crippen molar-refractivity contribution in [3.05, 3.63) is 30.3 Å². The molecule has 1 aliphatic heterocycles. The highest BCUT2D eigenvalue weighted by Gasteiger charge is 2.34. The number of hydrogen-bond donors (Lipinski definition) is 0. The predicted octanol–water partition coefficient (Wildman–Crippen LogP) is 1.99. The summed E-state index contributed by atoms with van der Waals surface area (Å²) < 4.78 is 0. The summed E-state index contributed by atoms with van der Waals surface area (Å²) in [5, 5.41) is 15.6. The van der Waals surface area contributed by atoms with Crippen LogP contribution < -0.4 is 5.01 Å². The Kier molecular flexibility index (Phi) is 2.93. The Morgan fingerprint density at radius 2 is 2.12 bits per heavy atom. The summed E-state index contributed by atoms with van der Waals surface area (Å²) in [4.78, 5) is 11.9. The summed E-state index contributed by atoms with van der Waals surface area (Å²) in [5.74, 6) is -0.157. The van der Waals surface area contributed by atoms with Gasteiger partial charge in [0.15, 0.2) is 0 Å². The van der Waals surface area contributed by atoms with Gasteiger partial charge in [0, 0.05) is 0 Å². The molecule has 0 saturated heterocycles. The van der Waals surface area contributed by atoms with E-state index in [1.165, 1.54) is 5.01 Å². The third-order valence-corrected chi connectivity index (χ3v) is 3.13. The van der Waals surface area contributed by atoms with Crippen molar-refractivity contribution < 1.29 is 4.79 Å². The van der Waals surface area contributed by atoms with E-state index in [-0.39, 0.29) is 5.91 Å². The van der Waals surface area contributed by atoms with E-state index in [0.717, 1.165) is 17.4 Å². The van der Waals surface area contributed by atoms with Crippen molar-refractivity contribution in [3.8, 4) is 5.40 Å². The maximum absolute atomic E-state index is 11.9. The van der Waals surface area contributed by atoms with Gasteiger partial charge in [0.05, 0.1) is 11.4 Å². The number of carbonyl (C=O) groups is 1. The van der Waals surface area contributed by atoms with E-state index in [2.05, 4.69) is 5.10 Å². The number of nitriles is 1. The second kappa shape index (κ2) is 4.37. The van der Waals surface area contributed by atoms with Crippen LogP contribution in [0.1, 0.15) is 6.92 Å². The topological polar surface area (TPSA) is 56.5 Å². The van der Waals surface area contributed by atoms with Crippen LogP contribution in [0.15, 0.2) is 35.4 Å². The summed E-state index contributed by atoms with van der Waals surface area (Å²) in [6.45, 7) is 1.76. The molecule has 0 aliphatic carbocycles. The molecule has 0 unspecified atom stereocenters. The smallest absolute Gasteiger partial charge is 0.267 e. The second-order valence-electron chi connectivity index (χ2n) is 3.32. The molecule has 0 aromatic heterocycles. The second-order valence-corrected chi connectivity index (χ2v) is 4.21. The zero-order chi connectivity index (χ0) is 11.5. The van der Waals surface area contributed by atoms with Crippen LogP contribution in [0.5, 0.6) is 0 Å². The number of carbonyl (C=O) groups excluding carboxylic acids is 1. The minimum absolute atomic E-state index is 0.157. The number of nitrogens with zero attached hydrogens (tertiary/aromatic N) is 3. The number of anilines is 1. The fourth-order valence-electron chi connectivity index (χ4n) is 1.49. The minimum Gasteiger partial charge on any atom is -0.271 e. The number of hydrazone groups is 1. The number of amides is 1. The Bertz CT molecular complexity index is 478. The van der Waals surface area contributed by atoms with E-state index < -0.39 is 5.25 Å². The quantitative estimate of drug-likeness (QED) is 0.731. The average molecular weight is 231 g/mol. The minimum atomic E-state index is -0.467.